The molecule has 0 aliphatic carbocycles. The van der Waals surface area contributed by atoms with Crippen molar-refractivity contribution in [2.24, 2.45) is 0 Å². The molecule has 1 N–H and O–H groups in total. The fourth-order valence-electron chi connectivity index (χ4n) is 5.99. The molecule has 0 radical (unpaired) electrons. The maximum Gasteiger partial charge on any atom is 0.338 e. The molecule has 2 aromatic carbocycles. The molecule has 7 rings (SSSR count). The molecule has 0 amide bonds. The molecule has 0 saturated carbocycles. The molecule has 5 aromatic rings. The van der Waals surface area contributed by atoms with Crippen LogP contribution in [-0.2, 0) is 11.2 Å². The maximum atomic E-state index is 14.5. The molecule has 200 valence electrons. The molecule has 2 aliphatic rings. The summed E-state index contributed by atoms with van der Waals surface area (Å²) in [7, 11) is 0. The van der Waals surface area contributed by atoms with Crippen LogP contribution in [-0.4, -0.2) is 48.5 Å². The zero-order chi connectivity index (χ0) is 26.8. The third-order valence-electron chi connectivity index (χ3n) is 8.00. The van der Waals surface area contributed by atoms with E-state index in [0.29, 0.717) is 23.6 Å². The molecule has 0 spiro atoms. The summed E-state index contributed by atoms with van der Waals surface area (Å²) >= 11 is 0. The summed E-state index contributed by atoms with van der Waals surface area (Å²) in [5, 5.41) is 14.0. The molecule has 2 aliphatic heterocycles. The summed E-state index contributed by atoms with van der Waals surface area (Å²) in [5.41, 5.74) is 5.31. The van der Waals surface area contributed by atoms with Crippen LogP contribution in [0.15, 0.2) is 53.7 Å². The Morgan fingerprint density at radius 1 is 1.08 bits per heavy atom. The lowest BCUT2D eigenvalue weighted by atomic mass is 10.0. The number of nitrogens with one attached hydrogen (secondary N) is 1. The number of hydrogen-bond acceptors (Lipinski definition) is 5. The number of benzene rings is 2. The Morgan fingerprint density at radius 2 is 1.87 bits per heavy atom. The lowest BCUT2D eigenvalue weighted by Gasteiger charge is -2.21. The summed E-state index contributed by atoms with van der Waals surface area (Å²) in [5.74, 6) is 0.448. The zero-order valence-electron chi connectivity index (χ0n) is 22.2. The smallest absolute Gasteiger partial charge is 0.338 e. The fourth-order valence-corrected chi connectivity index (χ4v) is 5.99. The Bertz CT molecular complexity index is 1760. The number of aryl methyl sites for hydroxylation is 2. The second kappa shape index (κ2) is 9.03. The summed E-state index contributed by atoms with van der Waals surface area (Å²) < 4.78 is 27.1. The fraction of sp³-hybridized carbons (Fsp3) is 0.345. The van der Waals surface area contributed by atoms with Crippen molar-refractivity contribution in [1.82, 2.24) is 34.0 Å². The minimum Gasteiger partial charge on any atom is -0.379 e. The Hall–Kier alpha value is -4.02. The van der Waals surface area contributed by atoms with Crippen molar-refractivity contribution in [2.45, 2.75) is 45.7 Å². The van der Waals surface area contributed by atoms with Crippen molar-refractivity contribution in [2.75, 3.05) is 19.8 Å². The Labute approximate surface area is 224 Å². The van der Waals surface area contributed by atoms with E-state index >= 15 is 0 Å². The first-order valence-corrected chi connectivity index (χ1v) is 13.4. The van der Waals surface area contributed by atoms with Crippen LogP contribution in [0, 0.1) is 19.7 Å². The first-order valence-electron chi connectivity index (χ1n) is 13.4. The van der Waals surface area contributed by atoms with Gasteiger partial charge in [0.2, 0.25) is 0 Å². The zero-order valence-corrected chi connectivity index (χ0v) is 22.2. The van der Waals surface area contributed by atoms with E-state index in [1.54, 1.807) is 52.2 Å². The van der Waals surface area contributed by atoms with E-state index in [1.807, 2.05) is 29.1 Å². The lowest BCUT2D eigenvalue weighted by Crippen LogP contribution is -2.30. The molecule has 2 atom stereocenters. The van der Waals surface area contributed by atoms with Crippen LogP contribution < -0.4 is 11.0 Å². The van der Waals surface area contributed by atoms with E-state index in [4.69, 9.17) is 9.84 Å². The summed E-state index contributed by atoms with van der Waals surface area (Å²) in [6.45, 7) is 7.80. The van der Waals surface area contributed by atoms with Gasteiger partial charge in [-0.05, 0) is 68.7 Å². The van der Waals surface area contributed by atoms with Gasteiger partial charge in [0.05, 0.1) is 41.4 Å². The Kier molecular flexibility index (Phi) is 5.57. The van der Waals surface area contributed by atoms with Gasteiger partial charge in [0.1, 0.15) is 11.6 Å². The van der Waals surface area contributed by atoms with Crippen LogP contribution in [0.5, 0.6) is 0 Å². The molecule has 3 aromatic heterocycles. The molecule has 9 nitrogen and oxygen atoms in total. The summed E-state index contributed by atoms with van der Waals surface area (Å²) in [6, 6.07) is 9.77. The number of ether oxygens (including phenoxy) is 1. The molecule has 1 saturated heterocycles. The van der Waals surface area contributed by atoms with Crippen molar-refractivity contribution in [3.63, 3.8) is 0 Å². The molecule has 0 bridgehead atoms. The number of halogens is 1. The van der Waals surface area contributed by atoms with E-state index in [-0.39, 0.29) is 23.6 Å². The minimum atomic E-state index is -0.227. The number of rotatable bonds is 4. The van der Waals surface area contributed by atoms with Crippen molar-refractivity contribution in [3.05, 3.63) is 87.6 Å². The standard InChI is InChI=1S/C29H30FN7O2/c1-17-12-23(13-18(2)27(17)30)37-28(26-19(3)31-8-6-24(26)33-37)35-10-9-34(29(35)38)21-4-5-25-20(14-21)15-32-36(25)22-7-11-39-16-22/h4-5,9-10,12-15,19,22,31H,6-8,11,16H2,1-3H3/t19-,22+/m0/s1. The average molecular weight is 528 g/mol. The molecule has 10 heteroatoms. The van der Waals surface area contributed by atoms with E-state index in [2.05, 4.69) is 17.3 Å². The highest BCUT2D eigenvalue weighted by Gasteiger charge is 2.29. The summed E-state index contributed by atoms with van der Waals surface area (Å²) in [4.78, 5) is 13.9. The average Bonchev–Trinajstić information content (AvgIpc) is 3.71. The molecular weight excluding hydrogens is 497 g/mol. The van der Waals surface area contributed by atoms with Gasteiger partial charge >= 0.3 is 5.69 Å². The third kappa shape index (κ3) is 3.77. The SMILES string of the molecule is Cc1cc(-n2nc3c(c2-n2ccn(-c4ccc5c(cnn5[C@@H]5CCOC5)c4)c2=O)[C@H](C)NCC3)cc(C)c1F. The van der Waals surface area contributed by atoms with Crippen LogP contribution in [0.4, 0.5) is 4.39 Å². The highest BCUT2D eigenvalue weighted by molar-refractivity contribution is 5.81. The maximum absolute atomic E-state index is 14.5. The monoisotopic (exact) mass is 527 g/mol. The van der Waals surface area contributed by atoms with Crippen molar-refractivity contribution in [3.8, 4) is 17.2 Å². The van der Waals surface area contributed by atoms with Gasteiger partial charge in [-0.1, -0.05) is 0 Å². The third-order valence-corrected chi connectivity index (χ3v) is 8.00. The predicted octanol–water partition coefficient (Wildman–Crippen LogP) is 4.09. The van der Waals surface area contributed by atoms with E-state index in [0.717, 1.165) is 59.5 Å². The highest BCUT2D eigenvalue weighted by Crippen LogP contribution is 2.32. The molecule has 0 unspecified atom stereocenters. The minimum absolute atomic E-state index is 0.0112. The number of imidazole rings is 1. The molecule has 1 fully saturated rings. The largest absolute Gasteiger partial charge is 0.379 e. The second-order valence-corrected chi connectivity index (χ2v) is 10.6. The topological polar surface area (TPSA) is 83.8 Å². The van der Waals surface area contributed by atoms with E-state index < -0.39 is 0 Å². The van der Waals surface area contributed by atoms with Crippen LogP contribution in [0.3, 0.4) is 0 Å². The summed E-state index contributed by atoms with van der Waals surface area (Å²) in [6.07, 6.45) is 7.10. The van der Waals surface area contributed by atoms with E-state index in [1.165, 1.54) is 0 Å². The predicted molar refractivity (Wildman–Crippen MR) is 146 cm³/mol. The lowest BCUT2D eigenvalue weighted by molar-refractivity contribution is 0.185. The van der Waals surface area contributed by atoms with E-state index in [9.17, 15) is 9.18 Å². The highest BCUT2D eigenvalue weighted by atomic mass is 19.1. The van der Waals surface area contributed by atoms with Gasteiger partial charge < -0.3 is 10.1 Å². The van der Waals surface area contributed by atoms with Crippen molar-refractivity contribution < 1.29 is 9.13 Å². The van der Waals surface area contributed by atoms with Gasteiger partial charge in [-0.2, -0.15) is 10.2 Å². The number of fused-ring (bicyclic) bond motifs is 2. The normalized spacial score (nSPS) is 19.2. The van der Waals surface area contributed by atoms with Gasteiger partial charge in [0.15, 0.2) is 0 Å². The first-order chi connectivity index (χ1) is 18.9. The van der Waals surface area contributed by atoms with Gasteiger partial charge in [-0.3, -0.25) is 13.8 Å². The molecular formula is C29H30FN7O2. The molecule has 39 heavy (non-hydrogen) atoms. The molecule has 5 heterocycles. The number of aromatic nitrogens is 6. The van der Waals surface area contributed by atoms with Crippen molar-refractivity contribution in [1.29, 1.82) is 0 Å². The van der Waals surface area contributed by atoms with Gasteiger partial charge in [-0.15, -0.1) is 0 Å². The van der Waals surface area contributed by atoms with Gasteiger partial charge in [0, 0.05) is 49.0 Å². The quantitative estimate of drug-likeness (QED) is 0.381. The van der Waals surface area contributed by atoms with Gasteiger partial charge in [-0.25, -0.2) is 13.9 Å². The van der Waals surface area contributed by atoms with Crippen LogP contribution in [0.25, 0.3) is 28.1 Å². The number of hydrogen-bond donors (Lipinski definition) is 1. The van der Waals surface area contributed by atoms with Crippen LogP contribution in [0.1, 0.15) is 47.8 Å². The second-order valence-electron chi connectivity index (χ2n) is 10.6. The Morgan fingerprint density at radius 3 is 2.64 bits per heavy atom. The number of nitrogens with zero attached hydrogens (tertiary/aromatic N) is 6. The first kappa shape index (κ1) is 24.1. The van der Waals surface area contributed by atoms with Crippen LogP contribution in [0.2, 0.25) is 0 Å². The van der Waals surface area contributed by atoms with Crippen molar-refractivity contribution >= 4 is 10.9 Å². The van der Waals surface area contributed by atoms with Gasteiger partial charge in [0.25, 0.3) is 0 Å². The van der Waals surface area contributed by atoms with Crippen LogP contribution >= 0.6 is 0 Å². The Balaban J connectivity index is 1.36.